The van der Waals surface area contributed by atoms with Gasteiger partial charge in [-0.3, -0.25) is 4.99 Å². The minimum absolute atomic E-state index is 0. The predicted molar refractivity (Wildman–Crippen MR) is 110 cm³/mol. The molecule has 0 saturated heterocycles. The second-order valence-corrected chi connectivity index (χ2v) is 8.63. The summed E-state index contributed by atoms with van der Waals surface area (Å²) in [5.41, 5.74) is 1.19. The number of guanidine groups is 1. The maximum atomic E-state index is 11.7. The highest BCUT2D eigenvalue weighted by atomic mass is 127. The van der Waals surface area contributed by atoms with Gasteiger partial charge in [0.2, 0.25) is 0 Å². The Morgan fingerprint density at radius 1 is 1.21 bits per heavy atom. The summed E-state index contributed by atoms with van der Waals surface area (Å²) in [6.45, 7) is 4.39. The highest BCUT2D eigenvalue weighted by Gasteiger charge is 2.30. The van der Waals surface area contributed by atoms with Crippen LogP contribution in [0.1, 0.15) is 19.4 Å². The molecule has 0 bridgehead atoms. The van der Waals surface area contributed by atoms with Gasteiger partial charge in [0.15, 0.2) is 15.8 Å². The van der Waals surface area contributed by atoms with Gasteiger partial charge in [-0.15, -0.1) is 24.0 Å². The first-order valence-electron chi connectivity index (χ1n) is 7.46. The third kappa shape index (κ3) is 7.25. The van der Waals surface area contributed by atoms with E-state index in [0.29, 0.717) is 19.0 Å². The number of hydrogen-bond donors (Lipinski definition) is 2. The smallest absolute Gasteiger partial charge is 0.191 e. The van der Waals surface area contributed by atoms with Crippen molar-refractivity contribution >= 4 is 39.8 Å². The molecule has 24 heavy (non-hydrogen) atoms. The van der Waals surface area contributed by atoms with Crippen molar-refractivity contribution in [2.75, 3.05) is 33.5 Å². The fourth-order valence-corrected chi connectivity index (χ4v) is 2.10. The first-order chi connectivity index (χ1) is 10.7. The van der Waals surface area contributed by atoms with Crippen LogP contribution in [0.2, 0.25) is 0 Å². The van der Waals surface area contributed by atoms with Gasteiger partial charge in [0, 0.05) is 26.4 Å². The number of aliphatic imine (C=N–C) groups is 1. The quantitative estimate of drug-likeness (QED) is 0.362. The van der Waals surface area contributed by atoms with Crippen LogP contribution >= 0.6 is 24.0 Å². The van der Waals surface area contributed by atoms with E-state index in [-0.39, 0.29) is 24.0 Å². The van der Waals surface area contributed by atoms with E-state index in [1.54, 1.807) is 28.0 Å². The maximum absolute atomic E-state index is 11.7. The van der Waals surface area contributed by atoms with Crippen LogP contribution in [0.3, 0.4) is 0 Å². The van der Waals surface area contributed by atoms with Crippen LogP contribution in [-0.4, -0.2) is 52.6 Å². The second kappa shape index (κ2) is 10.1. The number of nitrogens with zero attached hydrogens (tertiary/aromatic N) is 1. The van der Waals surface area contributed by atoms with E-state index in [1.165, 1.54) is 11.8 Å². The van der Waals surface area contributed by atoms with Crippen LogP contribution in [-0.2, 0) is 16.3 Å². The number of benzene rings is 1. The summed E-state index contributed by atoms with van der Waals surface area (Å²) in [5.74, 6) is 1.43. The number of hydrogen-bond acceptors (Lipinski definition) is 4. The molecule has 2 N–H and O–H groups in total. The van der Waals surface area contributed by atoms with Crippen LogP contribution in [0.25, 0.3) is 0 Å². The molecule has 6 nitrogen and oxygen atoms in total. The normalized spacial score (nSPS) is 12.3. The van der Waals surface area contributed by atoms with Gasteiger partial charge in [-0.1, -0.05) is 12.1 Å². The molecule has 0 amide bonds. The van der Waals surface area contributed by atoms with Crippen molar-refractivity contribution in [3.63, 3.8) is 0 Å². The van der Waals surface area contributed by atoms with Crippen LogP contribution < -0.4 is 15.4 Å². The molecule has 0 unspecified atom stereocenters. The van der Waals surface area contributed by atoms with Gasteiger partial charge in [-0.2, -0.15) is 0 Å². The zero-order chi connectivity index (χ0) is 17.5. The van der Waals surface area contributed by atoms with E-state index in [1.807, 2.05) is 24.3 Å². The molecule has 1 aromatic rings. The number of sulfone groups is 1. The van der Waals surface area contributed by atoms with E-state index in [0.717, 1.165) is 12.2 Å². The second-order valence-electron chi connectivity index (χ2n) is 5.98. The zero-order valence-corrected chi connectivity index (χ0v) is 18.1. The molecule has 138 valence electrons. The van der Waals surface area contributed by atoms with Gasteiger partial charge < -0.3 is 15.4 Å². The Bertz CT molecular complexity index is 628. The number of rotatable bonds is 7. The Morgan fingerprint density at radius 3 is 2.25 bits per heavy atom. The molecule has 0 fully saturated rings. The molecule has 8 heteroatoms. The third-order valence-electron chi connectivity index (χ3n) is 3.77. The van der Waals surface area contributed by atoms with Gasteiger partial charge in [0.05, 0.1) is 11.9 Å². The fraction of sp³-hybridized carbons (Fsp3) is 0.562. The summed E-state index contributed by atoms with van der Waals surface area (Å²) in [5, 5.41) is 6.24. The van der Waals surface area contributed by atoms with Crippen LogP contribution in [0.15, 0.2) is 29.3 Å². The Morgan fingerprint density at radius 2 is 1.79 bits per heavy atom. The molecule has 0 aliphatic carbocycles. The Kier molecular flexibility index (Phi) is 9.64. The summed E-state index contributed by atoms with van der Waals surface area (Å²) in [6.07, 6.45) is 2.08. The molecule has 0 saturated carbocycles. The molecule has 0 aliphatic rings. The summed E-state index contributed by atoms with van der Waals surface area (Å²) in [4.78, 5) is 4.11. The first-order valence-corrected chi connectivity index (χ1v) is 9.36. The molecule has 1 aromatic carbocycles. The lowest BCUT2D eigenvalue weighted by Crippen LogP contribution is -2.48. The molecule has 0 radical (unpaired) electrons. The number of methoxy groups -OCH3 is 1. The van der Waals surface area contributed by atoms with Crippen molar-refractivity contribution in [3.05, 3.63) is 29.8 Å². The predicted octanol–water partition coefficient (Wildman–Crippen LogP) is 1.84. The fourth-order valence-electron chi connectivity index (χ4n) is 1.77. The van der Waals surface area contributed by atoms with Crippen LogP contribution in [0, 0.1) is 0 Å². The summed E-state index contributed by atoms with van der Waals surface area (Å²) in [7, 11) is 0.172. The highest BCUT2D eigenvalue weighted by molar-refractivity contribution is 14.0. The molecule has 0 aliphatic heterocycles. The number of nitrogens with one attached hydrogen (secondary N) is 2. The minimum Gasteiger partial charge on any atom is -0.497 e. The summed E-state index contributed by atoms with van der Waals surface area (Å²) >= 11 is 0. The van der Waals surface area contributed by atoms with E-state index >= 15 is 0 Å². The Balaban J connectivity index is 0.00000529. The van der Waals surface area contributed by atoms with E-state index in [9.17, 15) is 8.42 Å². The minimum atomic E-state index is -3.13. The SMILES string of the molecule is CN=C(NCCc1ccc(OC)cc1)NCC(C)(C)S(C)(=O)=O.I. The summed E-state index contributed by atoms with van der Waals surface area (Å²) < 4.78 is 27.7. The molecule has 0 atom stereocenters. The van der Waals surface area contributed by atoms with Crippen molar-refractivity contribution < 1.29 is 13.2 Å². The molecular weight excluding hydrogens is 441 g/mol. The zero-order valence-electron chi connectivity index (χ0n) is 14.9. The topological polar surface area (TPSA) is 79.8 Å². The number of halogens is 1. The summed E-state index contributed by atoms with van der Waals surface area (Å²) in [6, 6.07) is 7.89. The van der Waals surface area contributed by atoms with Crippen molar-refractivity contribution in [3.8, 4) is 5.75 Å². The van der Waals surface area contributed by atoms with Gasteiger partial charge in [-0.05, 0) is 38.0 Å². The molecule has 1 rings (SSSR count). The maximum Gasteiger partial charge on any atom is 0.191 e. The lowest BCUT2D eigenvalue weighted by molar-refractivity contribution is 0.414. The largest absolute Gasteiger partial charge is 0.497 e. The van der Waals surface area contributed by atoms with E-state index in [4.69, 9.17) is 4.74 Å². The van der Waals surface area contributed by atoms with Gasteiger partial charge in [0.25, 0.3) is 0 Å². The lowest BCUT2D eigenvalue weighted by Gasteiger charge is -2.24. The van der Waals surface area contributed by atoms with Crippen molar-refractivity contribution in [2.24, 2.45) is 4.99 Å². The standard InChI is InChI=1S/C16H27N3O3S.HI/c1-16(2,23(5,20)21)12-19-15(17-3)18-11-10-13-6-8-14(22-4)9-7-13;/h6-9H,10-12H2,1-5H3,(H2,17,18,19);1H. The molecule has 0 aromatic heterocycles. The molecule has 0 heterocycles. The molecule has 0 spiro atoms. The first kappa shape index (κ1) is 23.0. The van der Waals surface area contributed by atoms with Crippen LogP contribution in [0.5, 0.6) is 5.75 Å². The average molecular weight is 469 g/mol. The Hall–Kier alpha value is -1.03. The van der Waals surface area contributed by atoms with E-state index < -0.39 is 14.6 Å². The molecular formula is C16H28IN3O3S. The van der Waals surface area contributed by atoms with Crippen molar-refractivity contribution in [2.45, 2.75) is 25.0 Å². The number of ether oxygens (including phenoxy) is 1. The third-order valence-corrected chi connectivity index (χ3v) is 5.93. The Labute approximate surface area is 162 Å². The van der Waals surface area contributed by atoms with Gasteiger partial charge >= 0.3 is 0 Å². The van der Waals surface area contributed by atoms with Gasteiger partial charge in [0.1, 0.15) is 5.75 Å². The van der Waals surface area contributed by atoms with E-state index in [2.05, 4.69) is 15.6 Å². The van der Waals surface area contributed by atoms with Crippen LogP contribution in [0.4, 0.5) is 0 Å². The van der Waals surface area contributed by atoms with Crippen molar-refractivity contribution in [1.29, 1.82) is 0 Å². The lowest BCUT2D eigenvalue weighted by atomic mass is 10.1. The van der Waals surface area contributed by atoms with Crippen molar-refractivity contribution in [1.82, 2.24) is 10.6 Å². The average Bonchev–Trinajstić information content (AvgIpc) is 2.50. The highest BCUT2D eigenvalue weighted by Crippen LogP contribution is 2.13. The monoisotopic (exact) mass is 469 g/mol. The van der Waals surface area contributed by atoms with Gasteiger partial charge in [-0.25, -0.2) is 8.42 Å².